The third kappa shape index (κ3) is 3.02. The molecule has 7 heteroatoms. The van der Waals surface area contributed by atoms with E-state index in [1.807, 2.05) is 6.92 Å². The van der Waals surface area contributed by atoms with Crippen LogP contribution in [0.15, 0.2) is 0 Å². The topological polar surface area (TPSA) is 77.9 Å². The van der Waals surface area contributed by atoms with E-state index < -0.39 is 21.6 Å². The van der Waals surface area contributed by atoms with Gasteiger partial charge >= 0.3 is 5.97 Å². The lowest BCUT2D eigenvalue weighted by Crippen LogP contribution is -2.42. The maximum Gasteiger partial charge on any atom is 0.310 e. The lowest BCUT2D eigenvalue weighted by atomic mass is 9.90. The molecule has 1 aliphatic rings. The molecule has 1 unspecified atom stereocenters. The van der Waals surface area contributed by atoms with Crippen LogP contribution in [0.4, 0.5) is 0 Å². The molecule has 1 rings (SSSR count). The van der Waals surface area contributed by atoms with Gasteiger partial charge in [0.25, 0.3) is 10.2 Å². The van der Waals surface area contributed by atoms with Gasteiger partial charge in [-0.15, -0.1) is 0 Å². The van der Waals surface area contributed by atoms with Crippen LogP contribution in [-0.2, 0) is 15.0 Å². The Hall–Kier alpha value is -0.660. The van der Waals surface area contributed by atoms with E-state index in [1.54, 1.807) is 14.0 Å². The van der Waals surface area contributed by atoms with E-state index in [-0.39, 0.29) is 13.1 Å². The molecular weight excluding hydrogens is 256 g/mol. The molecule has 1 aliphatic heterocycles. The van der Waals surface area contributed by atoms with E-state index in [4.69, 9.17) is 5.11 Å². The quantitative estimate of drug-likeness (QED) is 0.778. The minimum atomic E-state index is -3.51. The van der Waals surface area contributed by atoms with Crippen molar-refractivity contribution in [2.24, 2.45) is 5.41 Å². The van der Waals surface area contributed by atoms with Crippen molar-refractivity contribution in [1.82, 2.24) is 8.61 Å². The Kier molecular flexibility index (Phi) is 4.74. The van der Waals surface area contributed by atoms with Gasteiger partial charge in [0.1, 0.15) is 0 Å². The highest BCUT2D eigenvalue weighted by atomic mass is 32.2. The predicted octanol–water partition coefficient (Wildman–Crippen LogP) is 0.760. The maximum absolute atomic E-state index is 12.2. The molecule has 1 atom stereocenters. The maximum atomic E-state index is 12.2. The zero-order valence-corrected chi connectivity index (χ0v) is 12.0. The highest BCUT2D eigenvalue weighted by Gasteiger charge is 2.45. The fraction of sp³-hybridized carbons (Fsp3) is 0.909. The van der Waals surface area contributed by atoms with Crippen molar-refractivity contribution in [3.05, 3.63) is 0 Å². The molecule has 1 heterocycles. The van der Waals surface area contributed by atoms with E-state index in [1.165, 1.54) is 8.61 Å². The summed E-state index contributed by atoms with van der Waals surface area (Å²) in [6.45, 7) is 4.40. The Morgan fingerprint density at radius 3 is 2.56 bits per heavy atom. The average molecular weight is 278 g/mol. The van der Waals surface area contributed by atoms with E-state index >= 15 is 0 Å². The fourth-order valence-corrected chi connectivity index (χ4v) is 3.51. The molecule has 1 fully saturated rings. The Morgan fingerprint density at radius 1 is 1.50 bits per heavy atom. The van der Waals surface area contributed by atoms with Crippen LogP contribution in [0, 0.1) is 5.41 Å². The summed E-state index contributed by atoms with van der Waals surface area (Å²) in [6, 6.07) is 0. The first kappa shape index (κ1) is 15.4. The third-order valence-electron chi connectivity index (χ3n) is 3.50. The Balaban J connectivity index is 2.74. The first-order valence-electron chi connectivity index (χ1n) is 6.19. The fourth-order valence-electron chi connectivity index (χ4n) is 1.98. The van der Waals surface area contributed by atoms with Crippen LogP contribution in [-0.4, -0.2) is 54.8 Å². The van der Waals surface area contributed by atoms with Gasteiger partial charge in [0, 0.05) is 26.7 Å². The van der Waals surface area contributed by atoms with Gasteiger partial charge in [0.2, 0.25) is 0 Å². The summed E-state index contributed by atoms with van der Waals surface area (Å²) in [5.74, 6) is -0.934. The van der Waals surface area contributed by atoms with Crippen molar-refractivity contribution in [2.75, 3.05) is 26.7 Å². The third-order valence-corrected chi connectivity index (χ3v) is 5.44. The second-order valence-electron chi connectivity index (χ2n) is 5.13. The van der Waals surface area contributed by atoms with Crippen LogP contribution >= 0.6 is 0 Å². The number of hydrogen-bond acceptors (Lipinski definition) is 3. The van der Waals surface area contributed by atoms with E-state index in [9.17, 15) is 13.2 Å². The second-order valence-corrected chi connectivity index (χ2v) is 7.17. The van der Waals surface area contributed by atoms with Gasteiger partial charge in [0.15, 0.2) is 0 Å². The van der Waals surface area contributed by atoms with E-state index in [0.717, 1.165) is 12.8 Å². The molecule has 0 radical (unpaired) electrons. The van der Waals surface area contributed by atoms with Gasteiger partial charge < -0.3 is 5.11 Å². The molecule has 0 amide bonds. The molecule has 18 heavy (non-hydrogen) atoms. The van der Waals surface area contributed by atoms with E-state index in [2.05, 4.69) is 0 Å². The van der Waals surface area contributed by atoms with E-state index in [0.29, 0.717) is 13.0 Å². The highest BCUT2D eigenvalue weighted by molar-refractivity contribution is 7.86. The van der Waals surface area contributed by atoms with Gasteiger partial charge in [-0.25, -0.2) is 0 Å². The minimum Gasteiger partial charge on any atom is -0.481 e. The SMILES string of the molecule is CCCCN(C)S(=O)(=O)N1CCC(C)(C(=O)O)C1. The molecule has 0 aliphatic carbocycles. The number of nitrogens with zero attached hydrogens (tertiary/aromatic N) is 2. The monoisotopic (exact) mass is 278 g/mol. The van der Waals surface area contributed by atoms with Gasteiger partial charge in [0.05, 0.1) is 5.41 Å². The lowest BCUT2D eigenvalue weighted by molar-refractivity contribution is -0.146. The van der Waals surface area contributed by atoms with Crippen molar-refractivity contribution in [2.45, 2.75) is 33.1 Å². The number of aliphatic carboxylic acids is 1. The summed E-state index contributed by atoms with van der Waals surface area (Å²) in [4.78, 5) is 11.1. The summed E-state index contributed by atoms with van der Waals surface area (Å²) in [5.41, 5.74) is -0.960. The number of carboxylic acid groups (broad SMARTS) is 1. The standard InChI is InChI=1S/C11H22N2O4S/c1-4-5-7-12(3)18(16,17)13-8-6-11(2,9-13)10(14)15/h4-9H2,1-3H3,(H,14,15). The molecule has 0 spiro atoms. The predicted molar refractivity (Wildman–Crippen MR) is 68.4 cm³/mol. The Labute approximate surface area is 109 Å². The number of unbranched alkanes of at least 4 members (excludes halogenated alkanes) is 1. The number of carboxylic acids is 1. The van der Waals surface area contributed by atoms with Crippen molar-refractivity contribution >= 4 is 16.2 Å². The molecule has 1 saturated heterocycles. The zero-order valence-electron chi connectivity index (χ0n) is 11.2. The Bertz CT molecular complexity index is 409. The molecule has 0 aromatic heterocycles. The van der Waals surface area contributed by atoms with Gasteiger partial charge in [-0.05, 0) is 19.8 Å². The molecular formula is C11H22N2O4S. The van der Waals surface area contributed by atoms with Crippen LogP contribution in [0.3, 0.4) is 0 Å². The molecule has 0 aromatic carbocycles. The molecule has 0 aromatic rings. The van der Waals surface area contributed by atoms with Gasteiger partial charge in [-0.3, -0.25) is 4.79 Å². The summed E-state index contributed by atoms with van der Waals surface area (Å²) < 4.78 is 27.0. The summed E-state index contributed by atoms with van der Waals surface area (Å²) in [5, 5.41) is 9.10. The summed E-state index contributed by atoms with van der Waals surface area (Å²) in [6.07, 6.45) is 2.09. The van der Waals surface area contributed by atoms with Gasteiger partial charge in [-0.2, -0.15) is 17.0 Å². The number of hydrogen-bond donors (Lipinski definition) is 1. The first-order chi connectivity index (χ1) is 8.24. The van der Waals surface area contributed by atoms with Crippen molar-refractivity contribution in [3.8, 4) is 0 Å². The minimum absolute atomic E-state index is 0.0567. The summed E-state index contributed by atoms with van der Waals surface area (Å²) in [7, 11) is -1.97. The average Bonchev–Trinajstić information content (AvgIpc) is 2.70. The van der Waals surface area contributed by atoms with Crippen LogP contribution in [0.25, 0.3) is 0 Å². The normalized spacial score (nSPS) is 25.8. The first-order valence-corrected chi connectivity index (χ1v) is 7.58. The number of rotatable bonds is 6. The van der Waals surface area contributed by atoms with Crippen LogP contribution in [0.5, 0.6) is 0 Å². The van der Waals surface area contributed by atoms with Crippen LogP contribution in [0.1, 0.15) is 33.1 Å². The second kappa shape index (κ2) is 5.54. The lowest BCUT2D eigenvalue weighted by Gasteiger charge is -2.25. The molecule has 106 valence electrons. The molecule has 0 saturated carbocycles. The van der Waals surface area contributed by atoms with Crippen LogP contribution in [0.2, 0.25) is 0 Å². The smallest absolute Gasteiger partial charge is 0.310 e. The highest BCUT2D eigenvalue weighted by Crippen LogP contribution is 2.32. The number of carbonyl (C=O) groups is 1. The van der Waals surface area contributed by atoms with Gasteiger partial charge in [-0.1, -0.05) is 13.3 Å². The molecule has 6 nitrogen and oxygen atoms in total. The molecule has 1 N–H and O–H groups in total. The molecule has 0 bridgehead atoms. The van der Waals surface area contributed by atoms with Crippen LogP contribution < -0.4 is 0 Å². The largest absolute Gasteiger partial charge is 0.481 e. The Morgan fingerprint density at radius 2 is 2.11 bits per heavy atom. The van der Waals surface area contributed by atoms with Crippen molar-refractivity contribution in [1.29, 1.82) is 0 Å². The summed E-state index contributed by atoms with van der Waals surface area (Å²) >= 11 is 0. The van der Waals surface area contributed by atoms with Crippen molar-refractivity contribution in [3.63, 3.8) is 0 Å². The van der Waals surface area contributed by atoms with Crippen molar-refractivity contribution < 1.29 is 18.3 Å². The zero-order chi connectivity index (χ0) is 14.0.